The summed E-state index contributed by atoms with van der Waals surface area (Å²) in [5.41, 5.74) is 0. The molecular weight excluding hydrogens is 344 g/mol. The number of piperidine rings is 1. The van der Waals surface area contributed by atoms with Crippen LogP contribution < -0.4 is 10.1 Å². The molecule has 0 saturated carbocycles. The van der Waals surface area contributed by atoms with Gasteiger partial charge in [-0.25, -0.2) is 0 Å². The number of ether oxygens (including phenoxy) is 1. The summed E-state index contributed by atoms with van der Waals surface area (Å²) in [6.07, 6.45) is 1.53. The molecule has 5 heteroatoms. The quantitative estimate of drug-likeness (QED) is 0.867. The van der Waals surface area contributed by atoms with E-state index >= 15 is 0 Å². The molecule has 1 atom stereocenters. The molecule has 0 bridgehead atoms. The fraction of sp³-hybridized carbons (Fsp3) is 0.588. The minimum atomic E-state index is -0.488. The van der Waals surface area contributed by atoms with E-state index in [1.165, 1.54) is 0 Å². The molecule has 22 heavy (non-hydrogen) atoms. The first kappa shape index (κ1) is 17.3. The second-order valence-corrected chi connectivity index (χ2v) is 7.05. The third-order valence-corrected chi connectivity index (χ3v) is 4.58. The van der Waals surface area contributed by atoms with E-state index in [9.17, 15) is 4.79 Å². The van der Waals surface area contributed by atoms with Crippen LogP contribution in [0.2, 0.25) is 0 Å². The zero-order valence-corrected chi connectivity index (χ0v) is 15.1. The lowest BCUT2D eigenvalue weighted by atomic mass is 10.0. The summed E-state index contributed by atoms with van der Waals surface area (Å²) in [6.45, 7) is 8.31. The lowest BCUT2D eigenvalue weighted by Gasteiger charge is -2.35. The fourth-order valence-electron chi connectivity index (χ4n) is 2.68. The predicted molar refractivity (Wildman–Crippen MR) is 92.1 cm³/mol. The molecule has 1 aromatic carbocycles. The van der Waals surface area contributed by atoms with Crippen molar-refractivity contribution in [1.82, 2.24) is 10.2 Å². The van der Waals surface area contributed by atoms with Crippen molar-refractivity contribution in [3.05, 3.63) is 28.7 Å². The molecule has 0 aromatic heterocycles. The Morgan fingerprint density at radius 3 is 2.59 bits per heavy atom. The van der Waals surface area contributed by atoms with Crippen molar-refractivity contribution in [3.63, 3.8) is 0 Å². The van der Waals surface area contributed by atoms with Gasteiger partial charge in [0, 0.05) is 29.6 Å². The van der Waals surface area contributed by atoms with Crippen LogP contribution in [0.25, 0.3) is 0 Å². The van der Waals surface area contributed by atoms with Crippen LogP contribution in [0, 0.1) is 0 Å². The first-order valence-corrected chi connectivity index (χ1v) is 8.71. The summed E-state index contributed by atoms with van der Waals surface area (Å²) in [4.78, 5) is 14.7. The molecule has 0 unspecified atom stereocenters. The van der Waals surface area contributed by atoms with Crippen LogP contribution >= 0.6 is 15.9 Å². The number of carbonyl (C=O) groups is 1. The Kier molecular flexibility index (Phi) is 6.26. The minimum Gasteiger partial charge on any atom is -0.481 e. The molecule has 0 aliphatic carbocycles. The van der Waals surface area contributed by atoms with Crippen LogP contribution in [0.1, 0.15) is 33.6 Å². The Balaban J connectivity index is 1.80. The summed E-state index contributed by atoms with van der Waals surface area (Å²) < 4.78 is 6.65. The Morgan fingerprint density at radius 2 is 2.00 bits per heavy atom. The van der Waals surface area contributed by atoms with Crippen LogP contribution in [-0.4, -0.2) is 42.1 Å². The minimum absolute atomic E-state index is 0.0389. The van der Waals surface area contributed by atoms with Crippen LogP contribution in [0.5, 0.6) is 5.75 Å². The number of nitrogens with one attached hydrogen (secondary N) is 1. The maximum absolute atomic E-state index is 12.3. The van der Waals surface area contributed by atoms with Crippen molar-refractivity contribution in [1.29, 1.82) is 0 Å². The second-order valence-electron chi connectivity index (χ2n) is 6.13. The molecule has 1 aliphatic rings. The molecule has 0 radical (unpaired) electrons. The highest BCUT2D eigenvalue weighted by atomic mass is 79.9. The Bertz CT molecular complexity index is 499. The van der Waals surface area contributed by atoms with Gasteiger partial charge < -0.3 is 15.0 Å². The van der Waals surface area contributed by atoms with E-state index in [1.54, 1.807) is 6.92 Å². The van der Waals surface area contributed by atoms with Crippen LogP contribution in [-0.2, 0) is 4.79 Å². The van der Waals surface area contributed by atoms with Crippen LogP contribution in [0.15, 0.2) is 28.7 Å². The number of hydrogen-bond donors (Lipinski definition) is 1. The van der Waals surface area contributed by atoms with Gasteiger partial charge >= 0.3 is 0 Å². The highest BCUT2D eigenvalue weighted by Gasteiger charge is 2.24. The van der Waals surface area contributed by atoms with E-state index in [4.69, 9.17) is 4.74 Å². The van der Waals surface area contributed by atoms with Crippen LogP contribution in [0.4, 0.5) is 0 Å². The first-order chi connectivity index (χ1) is 10.5. The number of likely N-dealkylation sites (tertiary alicyclic amines) is 1. The molecule has 4 nitrogen and oxygen atoms in total. The molecule has 122 valence electrons. The fourth-order valence-corrected chi connectivity index (χ4v) is 3.05. The van der Waals surface area contributed by atoms with Gasteiger partial charge in [-0.2, -0.15) is 0 Å². The number of rotatable bonds is 5. The lowest BCUT2D eigenvalue weighted by Crippen LogP contribution is -2.49. The van der Waals surface area contributed by atoms with Gasteiger partial charge in [0.05, 0.1) is 0 Å². The third-order valence-electron chi connectivity index (χ3n) is 4.08. The standard InChI is InChI=1S/C17H25BrN2O2/c1-12(2)20-9-7-15(8-10-20)19-17(21)13(3)22-16-6-4-5-14(18)11-16/h4-6,11-13,15H,7-10H2,1-3H3,(H,19,21)/t13-/m0/s1. The van der Waals surface area contributed by atoms with Gasteiger partial charge in [-0.1, -0.05) is 22.0 Å². The molecule has 1 N–H and O–H groups in total. The number of halogens is 1. The highest BCUT2D eigenvalue weighted by Crippen LogP contribution is 2.19. The monoisotopic (exact) mass is 368 g/mol. The molecule has 0 spiro atoms. The molecule has 1 aliphatic heterocycles. The van der Waals surface area contributed by atoms with Gasteiger partial charge in [-0.3, -0.25) is 4.79 Å². The number of benzene rings is 1. The topological polar surface area (TPSA) is 41.6 Å². The SMILES string of the molecule is CC(C)N1CCC(NC(=O)[C@H](C)Oc2cccc(Br)c2)CC1. The maximum atomic E-state index is 12.3. The van der Waals surface area contributed by atoms with Crippen molar-refractivity contribution < 1.29 is 9.53 Å². The Hall–Kier alpha value is -1.07. The van der Waals surface area contributed by atoms with E-state index in [-0.39, 0.29) is 11.9 Å². The molecular formula is C17H25BrN2O2. The number of nitrogens with zero attached hydrogens (tertiary/aromatic N) is 1. The van der Waals surface area contributed by atoms with Gasteiger partial charge in [-0.05, 0) is 51.8 Å². The molecule has 1 aromatic rings. The van der Waals surface area contributed by atoms with Crippen molar-refractivity contribution in [2.45, 2.75) is 51.8 Å². The Labute approximate surface area is 141 Å². The van der Waals surface area contributed by atoms with Gasteiger partial charge in [-0.15, -0.1) is 0 Å². The van der Waals surface area contributed by atoms with Gasteiger partial charge in [0.25, 0.3) is 5.91 Å². The highest BCUT2D eigenvalue weighted by molar-refractivity contribution is 9.10. The normalized spacial score (nSPS) is 18.2. The summed E-state index contributed by atoms with van der Waals surface area (Å²) >= 11 is 3.40. The van der Waals surface area contributed by atoms with E-state index in [1.807, 2.05) is 24.3 Å². The summed E-state index contributed by atoms with van der Waals surface area (Å²) in [5.74, 6) is 0.662. The van der Waals surface area contributed by atoms with E-state index in [0.29, 0.717) is 11.8 Å². The van der Waals surface area contributed by atoms with Crippen molar-refractivity contribution in [3.8, 4) is 5.75 Å². The van der Waals surface area contributed by atoms with E-state index in [2.05, 4.69) is 40.0 Å². The summed E-state index contributed by atoms with van der Waals surface area (Å²) in [7, 11) is 0. The molecule has 1 saturated heterocycles. The zero-order chi connectivity index (χ0) is 16.1. The number of carbonyl (C=O) groups excluding carboxylic acids is 1. The second kappa shape index (κ2) is 7.97. The third kappa shape index (κ3) is 4.99. The molecule has 2 rings (SSSR count). The van der Waals surface area contributed by atoms with Gasteiger partial charge in [0.1, 0.15) is 5.75 Å². The van der Waals surface area contributed by atoms with Gasteiger partial charge in [0.2, 0.25) is 0 Å². The average molecular weight is 369 g/mol. The molecule has 1 amide bonds. The van der Waals surface area contributed by atoms with Crippen molar-refractivity contribution in [2.75, 3.05) is 13.1 Å². The van der Waals surface area contributed by atoms with E-state index < -0.39 is 6.10 Å². The summed E-state index contributed by atoms with van der Waals surface area (Å²) in [6, 6.07) is 8.39. The maximum Gasteiger partial charge on any atom is 0.260 e. The van der Waals surface area contributed by atoms with Crippen molar-refractivity contribution >= 4 is 21.8 Å². The zero-order valence-electron chi connectivity index (χ0n) is 13.5. The Morgan fingerprint density at radius 1 is 1.32 bits per heavy atom. The molecule has 1 heterocycles. The average Bonchev–Trinajstić information content (AvgIpc) is 2.47. The van der Waals surface area contributed by atoms with Gasteiger partial charge in [0.15, 0.2) is 6.10 Å². The van der Waals surface area contributed by atoms with Crippen LogP contribution in [0.3, 0.4) is 0 Å². The van der Waals surface area contributed by atoms with Crippen molar-refractivity contribution in [2.24, 2.45) is 0 Å². The largest absolute Gasteiger partial charge is 0.481 e. The smallest absolute Gasteiger partial charge is 0.260 e. The lowest BCUT2D eigenvalue weighted by molar-refractivity contribution is -0.128. The number of hydrogen-bond acceptors (Lipinski definition) is 3. The molecule has 1 fully saturated rings. The first-order valence-electron chi connectivity index (χ1n) is 7.92. The predicted octanol–water partition coefficient (Wildman–Crippen LogP) is 3.21. The van der Waals surface area contributed by atoms with E-state index in [0.717, 1.165) is 30.4 Å². The number of amides is 1. The summed E-state index contributed by atoms with van der Waals surface area (Å²) in [5, 5.41) is 3.11.